The molecule has 0 bridgehead atoms. The van der Waals surface area contributed by atoms with Gasteiger partial charge in [0, 0.05) is 10.6 Å². The first-order chi connectivity index (χ1) is 9.19. The predicted octanol–water partition coefficient (Wildman–Crippen LogP) is 3.81. The number of anilines is 1. The van der Waals surface area contributed by atoms with Gasteiger partial charge in [0.05, 0.1) is 7.11 Å². The Bertz CT molecular complexity index is 552. The second-order valence-electron chi connectivity index (χ2n) is 3.96. The smallest absolute Gasteiger partial charge is 0.411 e. The van der Waals surface area contributed by atoms with Crippen LogP contribution in [0.5, 0.6) is 5.75 Å². The number of hydrogen-bond acceptors (Lipinski definition) is 4. The number of thiophene rings is 1. The van der Waals surface area contributed by atoms with Crippen LogP contribution in [0.25, 0.3) is 0 Å². The fourth-order valence-electron chi connectivity index (χ4n) is 1.58. The number of ether oxygens (including phenoxy) is 2. The molecule has 4 nitrogen and oxygen atoms in total. The first-order valence-corrected chi connectivity index (χ1v) is 6.68. The summed E-state index contributed by atoms with van der Waals surface area (Å²) in [5, 5.41) is 4.66. The molecule has 0 saturated carbocycles. The van der Waals surface area contributed by atoms with Crippen LogP contribution in [0.15, 0.2) is 35.7 Å². The van der Waals surface area contributed by atoms with Gasteiger partial charge in [0.2, 0.25) is 0 Å². The summed E-state index contributed by atoms with van der Waals surface area (Å²) in [5.41, 5.74) is 1.64. The Morgan fingerprint density at radius 2 is 2.21 bits per heavy atom. The maximum absolute atomic E-state index is 11.1. The molecule has 19 heavy (non-hydrogen) atoms. The molecule has 0 saturated heterocycles. The molecule has 1 heterocycles. The summed E-state index contributed by atoms with van der Waals surface area (Å²) in [6.07, 6.45) is -0.477. The number of nitrogens with one attached hydrogen (secondary N) is 1. The van der Waals surface area contributed by atoms with Crippen molar-refractivity contribution in [2.75, 3.05) is 12.4 Å². The Morgan fingerprint density at radius 3 is 2.84 bits per heavy atom. The fourth-order valence-corrected chi connectivity index (χ4v) is 2.19. The molecular weight excluding hydrogens is 262 g/mol. The van der Waals surface area contributed by atoms with Crippen molar-refractivity contribution in [3.63, 3.8) is 0 Å². The Kier molecular flexibility index (Phi) is 4.41. The van der Waals surface area contributed by atoms with Gasteiger partial charge in [-0.1, -0.05) is 6.07 Å². The first kappa shape index (κ1) is 13.4. The van der Waals surface area contributed by atoms with Crippen LogP contribution >= 0.6 is 11.3 Å². The average molecular weight is 277 g/mol. The first-order valence-electron chi connectivity index (χ1n) is 5.80. The van der Waals surface area contributed by atoms with Gasteiger partial charge < -0.3 is 9.47 Å². The lowest BCUT2D eigenvalue weighted by Crippen LogP contribution is -2.11. The molecule has 0 radical (unpaired) electrons. The number of benzene rings is 1. The van der Waals surface area contributed by atoms with E-state index >= 15 is 0 Å². The van der Waals surface area contributed by atoms with E-state index in [0.29, 0.717) is 6.61 Å². The van der Waals surface area contributed by atoms with E-state index in [4.69, 9.17) is 4.74 Å². The molecule has 2 aromatic rings. The summed E-state index contributed by atoms with van der Waals surface area (Å²) in [7, 11) is 1.34. The van der Waals surface area contributed by atoms with E-state index in [1.807, 2.05) is 36.6 Å². The summed E-state index contributed by atoms with van der Waals surface area (Å²) >= 11 is 1.66. The van der Waals surface area contributed by atoms with Gasteiger partial charge in [-0.25, -0.2) is 4.79 Å². The van der Waals surface area contributed by atoms with E-state index in [0.717, 1.165) is 17.0 Å². The molecule has 0 aliphatic rings. The van der Waals surface area contributed by atoms with Gasteiger partial charge in [-0.15, -0.1) is 11.3 Å². The number of aryl methyl sites for hydroxylation is 1. The van der Waals surface area contributed by atoms with Gasteiger partial charge in [0.1, 0.15) is 12.4 Å². The lowest BCUT2D eigenvalue weighted by molar-refractivity contribution is 0.187. The minimum Gasteiger partial charge on any atom is -0.488 e. The molecule has 0 unspecified atom stereocenters. The number of carbonyl (C=O) groups is 1. The third kappa shape index (κ3) is 3.72. The highest BCUT2D eigenvalue weighted by molar-refractivity contribution is 7.09. The second-order valence-corrected chi connectivity index (χ2v) is 4.99. The molecule has 1 aromatic heterocycles. The Morgan fingerprint density at radius 1 is 1.37 bits per heavy atom. The minimum atomic E-state index is -0.477. The molecule has 100 valence electrons. The third-order valence-corrected chi connectivity index (χ3v) is 3.43. The van der Waals surface area contributed by atoms with E-state index in [9.17, 15) is 4.79 Å². The van der Waals surface area contributed by atoms with E-state index < -0.39 is 6.09 Å². The van der Waals surface area contributed by atoms with Crippen molar-refractivity contribution in [1.29, 1.82) is 0 Å². The van der Waals surface area contributed by atoms with Crippen LogP contribution in [-0.2, 0) is 11.3 Å². The second kappa shape index (κ2) is 6.24. The zero-order valence-electron chi connectivity index (χ0n) is 10.8. The molecule has 2 rings (SSSR count). The van der Waals surface area contributed by atoms with Crippen LogP contribution in [0.3, 0.4) is 0 Å². The molecule has 0 fully saturated rings. The number of amides is 1. The molecule has 0 aliphatic heterocycles. The summed E-state index contributed by atoms with van der Waals surface area (Å²) in [5.74, 6) is 0.779. The number of hydrogen-bond donors (Lipinski definition) is 1. The molecule has 1 aromatic carbocycles. The van der Waals surface area contributed by atoms with Gasteiger partial charge in [0.25, 0.3) is 0 Å². The van der Waals surface area contributed by atoms with E-state index in [1.54, 1.807) is 17.4 Å². The number of methoxy groups -OCH3 is 1. The van der Waals surface area contributed by atoms with Crippen molar-refractivity contribution in [2.24, 2.45) is 0 Å². The van der Waals surface area contributed by atoms with Gasteiger partial charge in [-0.2, -0.15) is 0 Å². The Hall–Kier alpha value is -2.01. The SMILES string of the molecule is COC(=O)Nc1ccc(OCc2cccs2)cc1C. The van der Waals surface area contributed by atoms with Crippen molar-refractivity contribution in [2.45, 2.75) is 13.5 Å². The van der Waals surface area contributed by atoms with Crippen LogP contribution in [-0.4, -0.2) is 13.2 Å². The standard InChI is InChI=1S/C14H15NO3S/c1-10-8-11(18-9-12-4-3-7-19-12)5-6-13(10)15-14(16)17-2/h3-8H,9H2,1-2H3,(H,15,16). The number of rotatable bonds is 4. The quantitative estimate of drug-likeness (QED) is 0.924. The van der Waals surface area contributed by atoms with Gasteiger partial charge in [0.15, 0.2) is 0 Å². The summed E-state index contributed by atoms with van der Waals surface area (Å²) in [6, 6.07) is 9.55. The van der Waals surface area contributed by atoms with E-state index in [1.165, 1.54) is 12.0 Å². The normalized spacial score (nSPS) is 10.0. The highest BCUT2D eigenvalue weighted by Gasteiger charge is 2.05. The molecule has 1 amide bonds. The maximum atomic E-state index is 11.1. The van der Waals surface area contributed by atoms with Crippen molar-refractivity contribution >= 4 is 23.1 Å². The van der Waals surface area contributed by atoms with Crippen LogP contribution in [0.2, 0.25) is 0 Å². The van der Waals surface area contributed by atoms with E-state index in [2.05, 4.69) is 10.1 Å². The zero-order valence-corrected chi connectivity index (χ0v) is 11.6. The third-order valence-electron chi connectivity index (χ3n) is 2.58. The van der Waals surface area contributed by atoms with Crippen molar-refractivity contribution in [1.82, 2.24) is 0 Å². The molecule has 0 aliphatic carbocycles. The predicted molar refractivity (Wildman–Crippen MR) is 75.9 cm³/mol. The highest BCUT2D eigenvalue weighted by atomic mass is 32.1. The minimum absolute atomic E-state index is 0.477. The summed E-state index contributed by atoms with van der Waals surface area (Å²) in [4.78, 5) is 12.3. The van der Waals surface area contributed by atoms with Crippen LogP contribution < -0.4 is 10.1 Å². The molecule has 1 N–H and O–H groups in total. The monoisotopic (exact) mass is 277 g/mol. The van der Waals surface area contributed by atoms with Crippen LogP contribution in [0.1, 0.15) is 10.4 Å². The lowest BCUT2D eigenvalue weighted by Gasteiger charge is -2.10. The fraction of sp³-hybridized carbons (Fsp3) is 0.214. The Balaban J connectivity index is 2.00. The molecule has 5 heteroatoms. The molecule has 0 spiro atoms. The Labute approximate surface area is 116 Å². The van der Waals surface area contributed by atoms with Crippen molar-refractivity contribution in [3.8, 4) is 5.75 Å². The van der Waals surface area contributed by atoms with Crippen LogP contribution in [0, 0.1) is 6.92 Å². The average Bonchev–Trinajstić information content (AvgIpc) is 2.92. The number of carbonyl (C=O) groups excluding carboxylic acids is 1. The zero-order chi connectivity index (χ0) is 13.7. The molecular formula is C14H15NO3S. The summed E-state index contributed by atoms with van der Waals surface area (Å²) in [6.45, 7) is 2.46. The lowest BCUT2D eigenvalue weighted by atomic mass is 10.2. The van der Waals surface area contributed by atoms with Crippen LogP contribution in [0.4, 0.5) is 10.5 Å². The molecule has 0 atom stereocenters. The van der Waals surface area contributed by atoms with Crippen molar-refractivity contribution in [3.05, 3.63) is 46.2 Å². The largest absolute Gasteiger partial charge is 0.488 e. The summed E-state index contributed by atoms with van der Waals surface area (Å²) < 4.78 is 10.2. The maximum Gasteiger partial charge on any atom is 0.411 e. The topological polar surface area (TPSA) is 47.6 Å². The highest BCUT2D eigenvalue weighted by Crippen LogP contribution is 2.22. The van der Waals surface area contributed by atoms with Gasteiger partial charge in [-0.3, -0.25) is 5.32 Å². The van der Waals surface area contributed by atoms with Crippen molar-refractivity contribution < 1.29 is 14.3 Å². The van der Waals surface area contributed by atoms with Gasteiger partial charge >= 0.3 is 6.09 Å². The van der Waals surface area contributed by atoms with Gasteiger partial charge in [-0.05, 0) is 42.1 Å². The van der Waals surface area contributed by atoms with E-state index in [-0.39, 0.29) is 0 Å².